The highest BCUT2D eigenvalue weighted by atomic mass is 32.2. The van der Waals surface area contributed by atoms with Gasteiger partial charge in [0.05, 0.1) is 6.61 Å². The first-order valence-electron chi connectivity index (χ1n) is 10.9. The first-order valence-corrected chi connectivity index (χ1v) is 12.3. The van der Waals surface area contributed by atoms with E-state index >= 15 is 0 Å². The first-order chi connectivity index (χ1) is 15.6. The number of ether oxygens (including phenoxy) is 1. The van der Waals surface area contributed by atoms with Gasteiger partial charge in [-0.15, -0.1) is 0 Å². The van der Waals surface area contributed by atoms with E-state index in [0.29, 0.717) is 36.5 Å². The lowest BCUT2D eigenvalue weighted by Crippen LogP contribution is -2.41. The molecule has 0 saturated carbocycles. The standard InChI is InChI=1S/C22H30N4O6S/c1-14(2)13-31-22(28)24-19-7-5-6-18(12-19)23-21(27)17-8-10-26(11-9-17)33(29,30)20-15(3)25-32-16(20)4/h5-7,12,14,17H,8-11,13H2,1-4H3,(H,23,27)(H,24,28). The highest BCUT2D eigenvalue weighted by Gasteiger charge is 2.35. The van der Waals surface area contributed by atoms with Crippen molar-refractivity contribution in [2.45, 2.75) is 45.4 Å². The fourth-order valence-corrected chi connectivity index (χ4v) is 5.41. The Kier molecular flexibility index (Phi) is 7.75. The third-order valence-corrected chi connectivity index (χ3v) is 7.46. The molecule has 1 aliphatic rings. The summed E-state index contributed by atoms with van der Waals surface area (Å²) in [5.74, 6) is -0.0289. The van der Waals surface area contributed by atoms with E-state index in [2.05, 4.69) is 15.8 Å². The van der Waals surface area contributed by atoms with Crippen LogP contribution in [0, 0.1) is 25.7 Å². The van der Waals surface area contributed by atoms with E-state index in [4.69, 9.17) is 9.26 Å². The van der Waals surface area contributed by atoms with Gasteiger partial charge in [-0.05, 0) is 50.8 Å². The molecule has 1 fully saturated rings. The number of nitrogens with zero attached hydrogens (tertiary/aromatic N) is 2. The lowest BCUT2D eigenvalue weighted by Gasteiger charge is -2.30. The number of amides is 2. The number of carbonyl (C=O) groups excluding carboxylic acids is 2. The second-order valence-corrected chi connectivity index (χ2v) is 10.4. The summed E-state index contributed by atoms with van der Waals surface area (Å²) in [6.45, 7) is 7.82. The molecule has 2 N–H and O–H groups in total. The summed E-state index contributed by atoms with van der Waals surface area (Å²) in [6, 6.07) is 6.78. The highest BCUT2D eigenvalue weighted by Crippen LogP contribution is 2.28. The van der Waals surface area contributed by atoms with Crippen molar-refractivity contribution >= 4 is 33.4 Å². The number of benzene rings is 1. The number of aryl methyl sites for hydroxylation is 2. The van der Waals surface area contributed by atoms with Crippen LogP contribution in [0.25, 0.3) is 0 Å². The maximum Gasteiger partial charge on any atom is 0.411 e. The molecule has 10 nitrogen and oxygen atoms in total. The maximum absolute atomic E-state index is 12.9. The van der Waals surface area contributed by atoms with Crippen LogP contribution >= 0.6 is 0 Å². The van der Waals surface area contributed by atoms with Gasteiger partial charge in [-0.1, -0.05) is 25.1 Å². The molecule has 1 aromatic carbocycles. The fourth-order valence-electron chi connectivity index (χ4n) is 3.65. The summed E-state index contributed by atoms with van der Waals surface area (Å²) in [5, 5.41) is 9.22. The summed E-state index contributed by atoms with van der Waals surface area (Å²) in [5.41, 5.74) is 1.36. The molecule has 2 heterocycles. The Balaban J connectivity index is 1.56. The second kappa shape index (κ2) is 10.3. The van der Waals surface area contributed by atoms with E-state index < -0.39 is 16.1 Å². The number of rotatable bonds is 7. The highest BCUT2D eigenvalue weighted by molar-refractivity contribution is 7.89. The Morgan fingerprint density at radius 1 is 1.18 bits per heavy atom. The molecule has 1 aliphatic heterocycles. The largest absolute Gasteiger partial charge is 0.449 e. The predicted molar refractivity (Wildman–Crippen MR) is 122 cm³/mol. The number of hydrogen-bond acceptors (Lipinski definition) is 7. The van der Waals surface area contributed by atoms with E-state index in [9.17, 15) is 18.0 Å². The third-order valence-electron chi connectivity index (χ3n) is 5.31. The second-order valence-electron chi connectivity index (χ2n) is 8.52. The average molecular weight is 479 g/mol. The van der Waals surface area contributed by atoms with Gasteiger partial charge in [0.25, 0.3) is 0 Å². The molecule has 11 heteroatoms. The molecule has 2 aromatic rings. The van der Waals surface area contributed by atoms with Crippen molar-refractivity contribution in [2.75, 3.05) is 30.3 Å². The summed E-state index contributed by atoms with van der Waals surface area (Å²) in [7, 11) is -3.72. The molecule has 33 heavy (non-hydrogen) atoms. The van der Waals surface area contributed by atoms with E-state index in [0.717, 1.165) is 0 Å². The van der Waals surface area contributed by atoms with Crippen LogP contribution in [0.1, 0.15) is 38.1 Å². The minimum Gasteiger partial charge on any atom is -0.449 e. The molecule has 1 saturated heterocycles. The molecule has 3 rings (SSSR count). The van der Waals surface area contributed by atoms with Crippen LogP contribution in [0.5, 0.6) is 0 Å². The quantitative estimate of drug-likeness (QED) is 0.622. The van der Waals surface area contributed by atoms with Gasteiger partial charge in [0, 0.05) is 30.4 Å². The fraction of sp³-hybridized carbons (Fsp3) is 0.500. The van der Waals surface area contributed by atoms with Crippen LogP contribution in [-0.2, 0) is 19.6 Å². The van der Waals surface area contributed by atoms with Gasteiger partial charge >= 0.3 is 6.09 Å². The van der Waals surface area contributed by atoms with Gasteiger partial charge in [0.1, 0.15) is 10.6 Å². The molecular formula is C22H30N4O6S. The van der Waals surface area contributed by atoms with Crippen molar-refractivity contribution in [3.8, 4) is 0 Å². The molecule has 180 valence electrons. The zero-order valence-corrected chi connectivity index (χ0v) is 20.1. The van der Waals surface area contributed by atoms with E-state index in [-0.39, 0.29) is 41.5 Å². The Morgan fingerprint density at radius 3 is 2.39 bits per heavy atom. The minimum atomic E-state index is -3.72. The topological polar surface area (TPSA) is 131 Å². The third kappa shape index (κ3) is 6.11. The van der Waals surface area contributed by atoms with Crippen molar-refractivity contribution in [3.05, 3.63) is 35.7 Å². The monoisotopic (exact) mass is 478 g/mol. The molecule has 0 radical (unpaired) electrons. The van der Waals surface area contributed by atoms with Gasteiger partial charge < -0.3 is 14.6 Å². The number of sulfonamides is 1. The van der Waals surface area contributed by atoms with Gasteiger partial charge in [0.2, 0.25) is 15.9 Å². The Labute approximate surface area is 193 Å². The lowest BCUT2D eigenvalue weighted by molar-refractivity contribution is -0.120. The first kappa shape index (κ1) is 24.7. The number of aromatic nitrogens is 1. The van der Waals surface area contributed by atoms with Crippen LogP contribution < -0.4 is 10.6 Å². The zero-order valence-electron chi connectivity index (χ0n) is 19.3. The molecule has 0 aliphatic carbocycles. The van der Waals surface area contributed by atoms with Gasteiger partial charge in [0.15, 0.2) is 5.76 Å². The van der Waals surface area contributed by atoms with Crippen LogP contribution in [0.4, 0.5) is 16.2 Å². The van der Waals surface area contributed by atoms with E-state index in [1.807, 2.05) is 13.8 Å². The summed E-state index contributed by atoms with van der Waals surface area (Å²) in [4.78, 5) is 24.7. The van der Waals surface area contributed by atoms with Crippen LogP contribution in [0.2, 0.25) is 0 Å². The van der Waals surface area contributed by atoms with Crippen molar-refractivity contribution in [1.82, 2.24) is 9.46 Å². The SMILES string of the molecule is Cc1noc(C)c1S(=O)(=O)N1CCC(C(=O)Nc2cccc(NC(=O)OCC(C)C)c2)CC1. The summed E-state index contributed by atoms with van der Waals surface area (Å²) >= 11 is 0. The molecule has 0 atom stereocenters. The minimum absolute atomic E-state index is 0.0987. The van der Waals surface area contributed by atoms with Gasteiger partial charge in [-0.25, -0.2) is 13.2 Å². The molecule has 0 unspecified atom stereocenters. The summed E-state index contributed by atoms with van der Waals surface area (Å²) < 4.78 is 37.4. The average Bonchev–Trinajstić information content (AvgIpc) is 3.11. The molecular weight excluding hydrogens is 448 g/mol. The van der Waals surface area contributed by atoms with Crippen molar-refractivity contribution < 1.29 is 27.3 Å². The normalized spacial score (nSPS) is 15.4. The van der Waals surface area contributed by atoms with Gasteiger partial charge in [-0.3, -0.25) is 10.1 Å². The number of nitrogens with one attached hydrogen (secondary N) is 2. The van der Waals surface area contributed by atoms with Crippen LogP contribution in [0.3, 0.4) is 0 Å². The van der Waals surface area contributed by atoms with E-state index in [1.165, 1.54) is 4.31 Å². The van der Waals surface area contributed by atoms with Crippen molar-refractivity contribution in [1.29, 1.82) is 0 Å². The molecule has 0 spiro atoms. The Hall–Kier alpha value is -2.92. The maximum atomic E-state index is 12.9. The Morgan fingerprint density at radius 2 is 1.82 bits per heavy atom. The predicted octanol–water partition coefficient (Wildman–Crippen LogP) is 3.54. The number of anilines is 2. The Bertz CT molecular complexity index is 1080. The van der Waals surface area contributed by atoms with Crippen molar-refractivity contribution in [3.63, 3.8) is 0 Å². The number of carbonyl (C=O) groups is 2. The number of piperidine rings is 1. The lowest BCUT2D eigenvalue weighted by atomic mass is 9.97. The van der Waals surface area contributed by atoms with Crippen LogP contribution in [-0.4, -0.2) is 49.6 Å². The summed E-state index contributed by atoms with van der Waals surface area (Å²) in [6.07, 6.45) is 0.237. The molecule has 1 aromatic heterocycles. The van der Waals surface area contributed by atoms with Gasteiger partial charge in [-0.2, -0.15) is 4.31 Å². The smallest absolute Gasteiger partial charge is 0.411 e. The van der Waals surface area contributed by atoms with Crippen LogP contribution in [0.15, 0.2) is 33.7 Å². The van der Waals surface area contributed by atoms with E-state index in [1.54, 1.807) is 38.1 Å². The molecule has 0 bridgehead atoms. The number of hydrogen-bond donors (Lipinski definition) is 2. The van der Waals surface area contributed by atoms with Crippen molar-refractivity contribution in [2.24, 2.45) is 11.8 Å². The molecule has 2 amide bonds. The zero-order chi connectivity index (χ0) is 24.2.